The normalized spacial score (nSPS) is 22.3. The minimum absolute atomic E-state index is 0.0352. The molecule has 1 amide bonds. The molecule has 0 radical (unpaired) electrons. The molecule has 0 aromatic carbocycles. The Morgan fingerprint density at radius 1 is 1.64 bits per heavy atom. The largest absolute Gasteiger partial charge is 0.465 e. The van der Waals surface area contributed by atoms with Crippen molar-refractivity contribution in [3.63, 3.8) is 0 Å². The van der Waals surface area contributed by atoms with Gasteiger partial charge in [0, 0.05) is 13.1 Å². The third-order valence-electron chi connectivity index (χ3n) is 2.21. The highest BCUT2D eigenvalue weighted by Gasteiger charge is 2.29. The van der Waals surface area contributed by atoms with Gasteiger partial charge in [-0.15, -0.1) is 0 Å². The second kappa shape index (κ2) is 4.95. The molecule has 1 aliphatic rings. The topological polar surface area (TPSA) is 58.6 Å². The van der Waals surface area contributed by atoms with Crippen molar-refractivity contribution >= 4 is 11.9 Å². The Bertz CT molecular complexity index is 230. The number of carbonyl (C=O) groups is 2. The zero-order valence-electron chi connectivity index (χ0n) is 8.58. The van der Waals surface area contributed by atoms with E-state index in [0.717, 1.165) is 0 Å². The lowest BCUT2D eigenvalue weighted by molar-refractivity contribution is -0.149. The number of piperazine rings is 1. The number of amides is 1. The van der Waals surface area contributed by atoms with Crippen molar-refractivity contribution < 1.29 is 14.3 Å². The van der Waals surface area contributed by atoms with Gasteiger partial charge in [0.2, 0.25) is 5.91 Å². The summed E-state index contributed by atoms with van der Waals surface area (Å²) in [5.74, 6) is -0.244. The first-order valence-electron chi connectivity index (χ1n) is 4.86. The van der Waals surface area contributed by atoms with Crippen LogP contribution in [0.4, 0.5) is 0 Å². The van der Waals surface area contributed by atoms with Crippen LogP contribution in [0.25, 0.3) is 0 Å². The van der Waals surface area contributed by atoms with Crippen molar-refractivity contribution in [2.45, 2.75) is 19.9 Å². The van der Waals surface area contributed by atoms with Crippen molar-refractivity contribution in [1.29, 1.82) is 0 Å². The number of rotatable bonds is 3. The Morgan fingerprint density at radius 3 is 2.93 bits per heavy atom. The number of esters is 1. The van der Waals surface area contributed by atoms with Crippen LogP contribution in [0.1, 0.15) is 13.8 Å². The molecule has 0 saturated carbocycles. The second-order valence-corrected chi connectivity index (χ2v) is 3.12. The fourth-order valence-corrected chi connectivity index (χ4v) is 1.42. The average Bonchev–Trinajstić information content (AvgIpc) is 2.19. The van der Waals surface area contributed by atoms with Gasteiger partial charge in [-0.25, -0.2) is 0 Å². The summed E-state index contributed by atoms with van der Waals surface area (Å²) in [4.78, 5) is 24.3. The number of hydrogen-bond donors (Lipinski definition) is 1. The van der Waals surface area contributed by atoms with Crippen LogP contribution in [0.3, 0.4) is 0 Å². The number of hydrogen-bond acceptors (Lipinski definition) is 4. The molecule has 5 nitrogen and oxygen atoms in total. The van der Waals surface area contributed by atoms with Crippen LogP contribution in [0.5, 0.6) is 0 Å². The van der Waals surface area contributed by atoms with E-state index in [2.05, 4.69) is 5.32 Å². The van der Waals surface area contributed by atoms with E-state index in [1.807, 2.05) is 6.92 Å². The molecule has 5 heteroatoms. The standard InChI is InChI=1S/C9H16N2O3/c1-3-11-6-7(9(13)14-4-2)10-5-8(11)12/h7,10H,3-6H2,1-2H3. The molecular formula is C9H16N2O3. The lowest BCUT2D eigenvalue weighted by Gasteiger charge is -2.31. The van der Waals surface area contributed by atoms with E-state index < -0.39 is 0 Å². The third-order valence-corrected chi connectivity index (χ3v) is 2.21. The van der Waals surface area contributed by atoms with Crippen LogP contribution in [0.2, 0.25) is 0 Å². The van der Waals surface area contributed by atoms with E-state index in [4.69, 9.17) is 4.74 Å². The maximum atomic E-state index is 11.3. The molecule has 1 rings (SSSR count). The molecule has 0 bridgehead atoms. The molecule has 80 valence electrons. The molecule has 1 fully saturated rings. The van der Waals surface area contributed by atoms with Crippen molar-refractivity contribution in [3.8, 4) is 0 Å². The van der Waals surface area contributed by atoms with Crippen LogP contribution >= 0.6 is 0 Å². The number of carbonyl (C=O) groups excluding carboxylic acids is 2. The molecule has 0 aromatic rings. The van der Waals surface area contributed by atoms with Crippen LogP contribution in [0.15, 0.2) is 0 Å². The summed E-state index contributed by atoms with van der Waals surface area (Å²) in [6, 6.07) is -0.368. The van der Waals surface area contributed by atoms with Crippen LogP contribution in [-0.2, 0) is 14.3 Å². The first-order chi connectivity index (χ1) is 6.69. The quantitative estimate of drug-likeness (QED) is 0.616. The molecule has 1 N–H and O–H groups in total. The van der Waals surface area contributed by atoms with E-state index >= 15 is 0 Å². The molecule has 1 atom stereocenters. The highest BCUT2D eigenvalue weighted by atomic mass is 16.5. The second-order valence-electron chi connectivity index (χ2n) is 3.12. The number of ether oxygens (including phenoxy) is 1. The maximum absolute atomic E-state index is 11.3. The van der Waals surface area contributed by atoms with Gasteiger partial charge >= 0.3 is 5.97 Å². The van der Waals surface area contributed by atoms with Crippen molar-refractivity contribution in [2.24, 2.45) is 0 Å². The minimum Gasteiger partial charge on any atom is -0.465 e. The molecule has 1 saturated heterocycles. The van der Waals surface area contributed by atoms with E-state index in [-0.39, 0.29) is 24.5 Å². The number of nitrogens with zero attached hydrogens (tertiary/aromatic N) is 1. The summed E-state index contributed by atoms with van der Waals surface area (Å²) in [6.07, 6.45) is 0. The zero-order chi connectivity index (χ0) is 10.6. The third kappa shape index (κ3) is 2.45. The van der Waals surface area contributed by atoms with Crippen LogP contribution < -0.4 is 5.32 Å². The predicted octanol–water partition coefficient (Wildman–Crippen LogP) is -0.630. The van der Waals surface area contributed by atoms with Crippen molar-refractivity contribution in [1.82, 2.24) is 10.2 Å². The number of nitrogens with one attached hydrogen (secondary N) is 1. The van der Waals surface area contributed by atoms with Gasteiger partial charge in [0.15, 0.2) is 0 Å². The van der Waals surface area contributed by atoms with Gasteiger partial charge in [-0.1, -0.05) is 0 Å². The molecule has 0 aromatic heterocycles. The Kier molecular flexibility index (Phi) is 3.88. The Morgan fingerprint density at radius 2 is 2.36 bits per heavy atom. The van der Waals surface area contributed by atoms with Crippen LogP contribution in [0, 0.1) is 0 Å². The smallest absolute Gasteiger partial charge is 0.324 e. The predicted molar refractivity (Wildman–Crippen MR) is 50.7 cm³/mol. The molecule has 0 aliphatic carbocycles. The maximum Gasteiger partial charge on any atom is 0.324 e. The number of likely N-dealkylation sites (N-methyl/N-ethyl adjacent to an activating group) is 1. The van der Waals surface area contributed by atoms with Gasteiger partial charge in [-0.05, 0) is 13.8 Å². The Labute approximate surface area is 83.4 Å². The molecule has 1 aliphatic heterocycles. The minimum atomic E-state index is -0.368. The summed E-state index contributed by atoms with van der Waals surface area (Å²) in [6.45, 7) is 5.30. The van der Waals surface area contributed by atoms with E-state index in [1.165, 1.54) is 0 Å². The summed E-state index contributed by atoms with van der Waals surface area (Å²) in [7, 11) is 0. The molecule has 1 unspecified atom stereocenters. The fraction of sp³-hybridized carbons (Fsp3) is 0.778. The van der Waals surface area contributed by atoms with Gasteiger partial charge in [0.1, 0.15) is 6.04 Å². The first kappa shape index (κ1) is 11.0. The summed E-state index contributed by atoms with van der Waals surface area (Å²) >= 11 is 0. The van der Waals surface area contributed by atoms with Crippen molar-refractivity contribution in [2.75, 3.05) is 26.2 Å². The Hall–Kier alpha value is -1.10. The fourth-order valence-electron chi connectivity index (χ4n) is 1.42. The first-order valence-corrected chi connectivity index (χ1v) is 4.86. The highest BCUT2D eigenvalue weighted by molar-refractivity contribution is 5.84. The monoisotopic (exact) mass is 200 g/mol. The summed E-state index contributed by atoms with van der Waals surface area (Å²) < 4.78 is 4.87. The summed E-state index contributed by atoms with van der Waals surface area (Å²) in [5, 5.41) is 2.85. The van der Waals surface area contributed by atoms with Gasteiger partial charge in [0.25, 0.3) is 0 Å². The van der Waals surface area contributed by atoms with Crippen molar-refractivity contribution in [3.05, 3.63) is 0 Å². The van der Waals surface area contributed by atoms with Crippen LogP contribution in [-0.4, -0.2) is 49.1 Å². The lowest BCUT2D eigenvalue weighted by Crippen LogP contribution is -2.57. The molecule has 0 spiro atoms. The van der Waals surface area contributed by atoms with Gasteiger partial charge < -0.3 is 9.64 Å². The van der Waals surface area contributed by atoms with Gasteiger partial charge in [-0.3, -0.25) is 14.9 Å². The van der Waals surface area contributed by atoms with E-state index in [9.17, 15) is 9.59 Å². The molecule has 1 heterocycles. The zero-order valence-corrected chi connectivity index (χ0v) is 8.58. The summed E-state index contributed by atoms with van der Waals surface area (Å²) in [5.41, 5.74) is 0. The van der Waals surface area contributed by atoms with E-state index in [0.29, 0.717) is 19.7 Å². The SMILES string of the molecule is CCOC(=O)C1CN(CC)C(=O)CN1. The van der Waals surface area contributed by atoms with E-state index in [1.54, 1.807) is 11.8 Å². The molecular weight excluding hydrogens is 184 g/mol. The lowest BCUT2D eigenvalue weighted by atomic mass is 10.2. The Balaban J connectivity index is 2.49. The highest BCUT2D eigenvalue weighted by Crippen LogP contribution is 2.01. The molecule has 14 heavy (non-hydrogen) atoms. The van der Waals surface area contributed by atoms with Gasteiger partial charge in [0.05, 0.1) is 13.2 Å². The average molecular weight is 200 g/mol. The van der Waals surface area contributed by atoms with Gasteiger partial charge in [-0.2, -0.15) is 0 Å².